The topological polar surface area (TPSA) is 42.1 Å². The van der Waals surface area contributed by atoms with Gasteiger partial charge in [0, 0.05) is 19.3 Å². The number of anilines is 1. The third kappa shape index (κ3) is 2.60. The molecule has 1 fully saturated rings. The van der Waals surface area contributed by atoms with Crippen LogP contribution in [0.1, 0.15) is 25.0 Å². The first-order valence-electron chi connectivity index (χ1n) is 6.52. The van der Waals surface area contributed by atoms with E-state index in [0.717, 1.165) is 37.2 Å². The van der Waals surface area contributed by atoms with E-state index < -0.39 is 0 Å². The van der Waals surface area contributed by atoms with Crippen LogP contribution in [-0.4, -0.2) is 24.6 Å². The number of aromatic nitrogens is 1. The molecule has 1 aromatic rings. The van der Waals surface area contributed by atoms with Crippen molar-refractivity contribution in [1.82, 2.24) is 4.98 Å². The lowest BCUT2D eigenvalue weighted by atomic mass is 10.0. The first-order chi connectivity index (χ1) is 8.11. The van der Waals surface area contributed by atoms with Crippen LogP contribution in [0.5, 0.6) is 0 Å². The predicted octanol–water partition coefficient (Wildman–Crippen LogP) is 1.98. The van der Waals surface area contributed by atoms with Gasteiger partial charge in [0.15, 0.2) is 0 Å². The number of aryl methyl sites for hydroxylation is 1. The first kappa shape index (κ1) is 12.4. The van der Waals surface area contributed by atoms with Crippen molar-refractivity contribution >= 4 is 5.82 Å². The van der Waals surface area contributed by atoms with Crippen LogP contribution >= 0.6 is 0 Å². The summed E-state index contributed by atoms with van der Waals surface area (Å²) in [5.41, 5.74) is 8.09. The molecule has 0 aromatic carbocycles. The van der Waals surface area contributed by atoms with Crippen LogP contribution in [0.2, 0.25) is 0 Å². The van der Waals surface area contributed by atoms with E-state index in [0.29, 0.717) is 6.54 Å². The second kappa shape index (κ2) is 5.05. The average Bonchev–Trinajstić information content (AvgIpc) is 2.59. The molecule has 2 heterocycles. The lowest BCUT2D eigenvalue weighted by Crippen LogP contribution is -2.22. The lowest BCUT2D eigenvalue weighted by Gasteiger charge is -2.19. The third-order valence-electron chi connectivity index (χ3n) is 3.83. The molecule has 2 unspecified atom stereocenters. The molecule has 0 bridgehead atoms. The Balaban J connectivity index is 2.17. The van der Waals surface area contributed by atoms with Crippen LogP contribution in [0.4, 0.5) is 5.82 Å². The van der Waals surface area contributed by atoms with Crippen molar-refractivity contribution in [3.8, 4) is 0 Å². The summed E-state index contributed by atoms with van der Waals surface area (Å²) >= 11 is 0. The minimum Gasteiger partial charge on any atom is -0.356 e. The monoisotopic (exact) mass is 233 g/mol. The van der Waals surface area contributed by atoms with Crippen molar-refractivity contribution in [1.29, 1.82) is 0 Å². The molecule has 0 radical (unpaired) electrons. The van der Waals surface area contributed by atoms with Crippen molar-refractivity contribution in [2.24, 2.45) is 17.6 Å². The molecule has 3 nitrogen and oxygen atoms in total. The van der Waals surface area contributed by atoms with Crippen molar-refractivity contribution < 1.29 is 0 Å². The molecule has 2 rings (SSSR count). The standard InChI is InChI=1S/C14H23N3/c1-10-6-13(4-5-15)7-16-14(10)17-8-11(2)12(3)9-17/h6-7,11-12H,4-5,8-9,15H2,1-3H3. The summed E-state index contributed by atoms with van der Waals surface area (Å²) in [6.07, 6.45) is 2.89. The predicted molar refractivity (Wildman–Crippen MR) is 72.3 cm³/mol. The normalized spacial score (nSPS) is 24.4. The van der Waals surface area contributed by atoms with E-state index in [9.17, 15) is 0 Å². The number of nitrogens with two attached hydrogens (primary N) is 1. The van der Waals surface area contributed by atoms with Gasteiger partial charge < -0.3 is 10.6 Å². The molecule has 94 valence electrons. The number of nitrogens with zero attached hydrogens (tertiary/aromatic N) is 2. The Kier molecular flexibility index (Phi) is 3.67. The van der Waals surface area contributed by atoms with Crippen molar-refractivity contribution in [2.45, 2.75) is 27.2 Å². The maximum absolute atomic E-state index is 5.57. The van der Waals surface area contributed by atoms with Gasteiger partial charge in [0.25, 0.3) is 0 Å². The number of pyridine rings is 1. The van der Waals surface area contributed by atoms with Gasteiger partial charge in [0.1, 0.15) is 5.82 Å². The van der Waals surface area contributed by atoms with Gasteiger partial charge in [-0.25, -0.2) is 4.98 Å². The van der Waals surface area contributed by atoms with Crippen LogP contribution in [-0.2, 0) is 6.42 Å². The second-order valence-corrected chi connectivity index (χ2v) is 5.38. The van der Waals surface area contributed by atoms with E-state index >= 15 is 0 Å². The van der Waals surface area contributed by atoms with E-state index in [1.165, 1.54) is 11.1 Å². The molecule has 3 heteroatoms. The average molecular weight is 233 g/mol. The molecule has 17 heavy (non-hydrogen) atoms. The molecule has 2 N–H and O–H groups in total. The molecule has 1 aliphatic rings. The van der Waals surface area contributed by atoms with E-state index in [4.69, 9.17) is 5.73 Å². The zero-order valence-electron chi connectivity index (χ0n) is 11.1. The van der Waals surface area contributed by atoms with E-state index in [1.54, 1.807) is 0 Å². The van der Waals surface area contributed by atoms with Crippen molar-refractivity contribution in [3.63, 3.8) is 0 Å². The summed E-state index contributed by atoms with van der Waals surface area (Å²) in [6.45, 7) is 9.75. The largest absolute Gasteiger partial charge is 0.356 e. The van der Waals surface area contributed by atoms with Gasteiger partial charge in [-0.15, -0.1) is 0 Å². The van der Waals surface area contributed by atoms with Gasteiger partial charge in [-0.2, -0.15) is 0 Å². The van der Waals surface area contributed by atoms with Crippen molar-refractivity contribution in [3.05, 3.63) is 23.4 Å². The highest BCUT2D eigenvalue weighted by Gasteiger charge is 2.27. The van der Waals surface area contributed by atoms with Crippen LogP contribution in [0.25, 0.3) is 0 Å². The molecule has 0 aliphatic carbocycles. The lowest BCUT2D eigenvalue weighted by molar-refractivity contribution is 0.494. The molecule has 0 spiro atoms. The molecular weight excluding hydrogens is 210 g/mol. The zero-order valence-corrected chi connectivity index (χ0v) is 11.1. The third-order valence-corrected chi connectivity index (χ3v) is 3.83. The molecule has 1 aliphatic heterocycles. The van der Waals surface area contributed by atoms with Crippen molar-refractivity contribution in [2.75, 3.05) is 24.5 Å². The molecule has 0 amide bonds. The van der Waals surface area contributed by atoms with Gasteiger partial charge in [-0.1, -0.05) is 19.9 Å². The van der Waals surface area contributed by atoms with Crippen LogP contribution in [0.3, 0.4) is 0 Å². The Morgan fingerprint density at radius 1 is 1.35 bits per heavy atom. The number of hydrogen-bond donors (Lipinski definition) is 1. The quantitative estimate of drug-likeness (QED) is 0.868. The molecule has 0 saturated carbocycles. The van der Waals surface area contributed by atoms with E-state index in [1.807, 2.05) is 6.20 Å². The highest BCUT2D eigenvalue weighted by molar-refractivity contribution is 5.48. The van der Waals surface area contributed by atoms with Crippen LogP contribution in [0, 0.1) is 18.8 Å². The summed E-state index contributed by atoms with van der Waals surface area (Å²) < 4.78 is 0. The number of hydrogen-bond acceptors (Lipinski definition) is 3. The van der Waals surface area contributed by atoms with Crippen LogP contribution in [0.15, 0.2) is 12.3 Å². The minimum atomic E-state index is 0.693. The highest BCUT2D eigenvalue weighted by Crippen LogP contribution is 2.28. The Morgan fingerprint density at radius 2 is 2.00 bits per heavy atom. The van der Waals surface area contributed by atoms with E-state index in [2.05, 4.69) is 36.7 Å². The molecule has 1 saturated heterocycles. The maximum atomic E-state index is 5.57. The fourth-order valence-corrected chi connectivity index (χ4v) is 2.56. The molecule has 1 aromatic heterocycles. The fraction of sp³-hybridized carbons (Fsp3) is 0.643. The minimum absolute atomic E-state index is 0.693. The summed E-state index contributed by atoms with van der Waals surface area (Å²) in [6, 6.07) is 2.23. The molecule has 2 atom stereocenters. The molecular formula is C14H23N3. The Hall–Kier alpha value is -1.09. The van der Waals surface area contributed by atoms with Crippen LogP contribution < -0.4 is 10.6 Å². The zero-order chi connectivity index (χ0) is 12.4. The van der Waals surface area contributed by atoms with Gasteiger partial charge in [-0.05, 0) is 42.9 Å². The SMILES string of the molecule is Cc1cc(CCN)cnc1N1CC(C)C(C)C1. The maximum Gasteiger partial charge on any atom is 0.131 e. The smallest absolute Gasteiger partial charge is 0.131 e. The van der Waals surface area contributed by atoms with Gasteiger partial charge in [0.05, 0.1) is 0 Å². The fourth-order valence-electron chi connectivity index (χ4n) is 2.56. The Labute approximate surface area is 104 Å². The Morgan fingerprint density at radius 3 is 2.53 bits per heavy atom. The summed E-state index contributed by atoms with van der Waals surface area (Å²) in [5.74, 6) is 2.68. The first-order valence-corrected chi connectivity index (χ1v) is 6.52. The summed E-state index contributed by atoms with van der Waals surface area (Å²) in [4.78, 5) is 7.03. The summed E-state index contributed by atoms with van der Waals surface area (Å²) in [5, 5.41) is 0. The highest BCUT2D eigenvalue weighted by atomic mass is 15.2. The van der Waals surface area contributed by atoms with E-state index in [-0.39, 0.29) is 0 Å². The second-order valence-electron chi connectivity index (χ2n) is 5.38. The van der Waals surface area contributed by atoms with Gasteiger partial charge in [-0.3, -0.25) is 0 Å². The van der Waals surface area contributed by atoms with Gasteiger partial charge >= 0.3 is 0 Å². The van der Waals surface area contributed by atoms with Gasteiger partial charge in [0.2, 0.25) is 0 Å². The number of rotatable bonds is 3. The Bertz CT molecular complexity index is 379. The summed E-state index contributed by atoms with van der Waals surface area (Å²) in [7, 11) is 0.